The standard InChI is InChI=1S/C17H17NO/c19-17(15-8-13-7-14(13)9-15)18-16-6-5-11-3-1-2-4-12(11)10-16/h1-6,10,13-15H,7-9H2,(H,18,19). The first kappa shape index (κ1) is 11.0. The number of rotatable bonds is 2. The van der Waals surface area contributed by atoms with E-state index in [0.29, 0.717) is 0 Å². The molecule has 2 aliphatic carbocycles. The van der Waals surface area contributed by atoms with Gasteiger partial charge in [0.2, 0.25) is 5.91 Å². The number of amides is 1. The van der Waals surface area contributed by atoms with Crippen molar-refractivity contribution >= 4 is 22.4 Å². The summed E-state index contributed by atoms with van der Waals surface area (Å²) in [7, 11) is 0. The van der Waals surface area contributed by atoms with Crippen LogP contribution >= 0.6 is 0 Å². The molecule has 2 aromatic carbocycles. The number of hydrogen-bond donors (Lipinski definition) is 1. The van der Waals surface area contributed by atoms with Gasteiger partial charge in [0.15, 0.2) is 0 Å². The van der Waals surface area contributed by atoms with Gasteiger partial charge in [0.1, 0.15) is 0 Å². The van der Waals surface area contributed by atoms with E-state index in [1.54, 1.807) is 0 Å². The Morgan fingerprint density at radius 2 is 1.68 bits per heavy atom. The second-order valence-electron chi connectivity index (χ2n) is 5.98. The Hall–Kier alpha value is -1.83. The van der Waals surface area contributed by atoms with Crippen LogP contribution in [0.3, 0.4) is 0 Å². The maximum absolute atomic E-state index is 12.2. The minimum atomic E-state index is 0.211. The lowest BCUT2D eigenvalue weighted by atomic mass is 10.0. The lowest BCUT2D eigenvalue weighted by Crippen LogP contribution is -2.21. The highest BCUT2D eigenvalue weighted by molar-refractivity contribution is 5.95. The average molecular weight is 251 g/mol. The van der Waals surface area contributed by atoms with E-state index < -0.39 is 0 Å². The number of benzene rings is 2. The third kappa shape index (κ3) is 2.01. The summed E-state index contributed by atoms with van der Waals surface area (Å²) in [6.07, 6.45) is 3.56. The topological polar surface area (TPSA) is 29.1 Å². The third-order valence-corrected chi connectivity index (χ3v) is 4.63. The SMILES string of the molecule is O=C(Nc1ccc2ccccc2c1)C1CC2CC2C1. The lowest BCUT2D eigenvalue weighted by molar-refractivity contribution is -0.120. The quantitative estimate of drug-likeness (QED) is 0.863. The Kier molecular flexibility index (Phi) is 2.37. The molecule has 2 aromatic rings. The number of carbonyl (C=O) groups is 1. The zero-order valence-corrected chi connectivity index (χ0v) is 10.8. The number of carbonyl (C=O) groups excluding carboxylic acids is 1. The average Bonchev–Trinajstić information content (AvgIpc) is 3.05. The Morgan fingerprint density at radius 1 is 0.947 bits per heavy atom. The van der Waals surface area contributed by atoms with Crippen LogP contribution < -0.4 is 5.32 Å². The van der Waals surface area contributed by atoms with Crippen molar-refractivity contribution < 1.29 is 4.79 Å². The summed E-state index contributed by atoms with van der Waals surface area (Å²) in [4.78, 5) is 12.2. The van der Waals surface area contributed by atoms with Gasteiger partial charge in [0.05, 0.1) is 0 Å². The van der Waals surface area contributed by atoms with Crippen LogP contribution in [0.5, 0.6) is 0 Å². The molecule has 1 amide bonds. The molecule has 0 aliphatic heterocycles. The molecule has 2 aliphatic rings. The van der Waals surface area contributed by atoms with E-state index in [9.17, 15) is 4.79 Å². The normalized spacial score (nSPS) is 28.1. The highest BCUT2D eigenvalue weighted by atomic mass is 16.1. The molecule has 2 nitrogen and oxygen atoms in total. The monoisotopic (exact) mass is 251 g/mol. The third-order valence-electron chi connectivity index (χ3n) is 4.63. The molecular weight excluding hydrogens is 234 g/mol. The number of fused-ring (bicyclic) bond motifs is 2. The van der Waals surface area contributed by atoms with Crippen molar-refractivity contribution in [3.63, 3.8) is 0 Å². The maximum Gasteiger partial charge on any atom is 0.227 e. The van der Waals surface area contributed by atoms with Gasteiger partial charge in [-0.1, -0.05) is 30.3 Å². The predicted octanol–water partition coefficient (Wildman–Crippen LogP) is 3.82. The summed E-state index contributed by atoms with van der Waals surface area (Å²) in [5.41, 5.74) is 0.921. The second kappa shape index (κ2) is 4.09. The van der Waals surface area contributed by atoms with E-state index in [1.807, 2.05) is 18.2 Å². The Labute approximate surface area is 112 Å². The lowest BCUT2D eigenvalue weighted by Gasteiger charge is -2.12. The number of nitrogens with one attached hydrogen (secondary N) is 1. The first-order chi connectivity index (χ1) is 9.29. The van der Waals surface area contributed by atoms with Gasteiger partial charge >= 0.3 is 0 Å². The van der Waals surface area contributed by atoms with E-state index in [1.165, 1.54) is 17.2 Å². The van der Waals surface area contributed by atoms with Crippen LogP contribution in [0.4, 0.5) is 5.69 Å². The van der Waals surface area contributed by atoms with Crippen LogP contribution in [-0.4, -0.2) is 5.91 Å². The summed E-state index contributed by atoms with van der Waals surface area (Å²) in [5, 5.41) is 5.46. The van der Waals surface area contributed by atoms with Crippen molar-refractivity contribution in [2.24, 2.45) is 17.8 Å². The van der Waals surface area contributed by atoms with E-state index in [0.717, 1.165) is 30.4 Å². The highest BCUT2D eigenvalue weighted by Crippen LogP contribution is 2.54. The Bertz CT molecular complexity index is 639. The van der Waals surface area contributed by atoms with Gasteiger partial charge < -0.3 is 5.32 Å². The van der Waals surface area contributed by atoms with E-state index in [4.69, 9.17) is 0 Å². The van der Waals surface area contributed by atoms with Gasteiger partial charge in [-0.15, -0.1) is 0 Å². The van der Waals surface area contributed by atoms with Gasteiger partial charge in [0, 0.05) is 11.6 Å². The maximum atomic E-state index is 12.2. The van der Waals surface area contributed by atoms with Gasteiger partial charge in [-0.05, 0) is 54.0 Å². The minimum Gasteiger partial charge on any atom is -0.326 e. The largest absolute Gasteiger partial charge is 0.326 e. The molecule has 0 heterocycles. The molecule has 19 heavy (non-hydrogen) atoms. The molecule has 0 aromatic heterocycles. The van der Waals surface area contributed by atoms with E-state index >= 15 is 0 Å². The summed E-state index contributed by atoms with van der Waals surface area (Å²) in [6, 6.07) is 14.3. The van der Waals surface area contributed by atoms with Crippen LogP contribution in [0.1, 0.15) is 19.3 Å². The fourth-order valence-corrected chi connectivity index (χ4v) is 3.44. The smallest absolute Gasteiger partial charge is 0.227 e. The number of hydrogen-bond acceptors (Lipinski definition) is 1. The Morgan fingerprint density at radius 3 is 2.47 bits per heavy atom. The number of anilines is 1. The molecule has 0 spiro atoms. The minimum absolute atomic E-state index is 0.211. The van der Waals surface area contributed by atoms with Crippen molar-refractivity contribution in [3.8, 4) is 0 Å². The first-order valence-corrected chi connectivity index (χ1v) is 7.09. The second-order valence-corrected chi connectivity index (χ2v) is 5.98. The Balaban J connectivity index is 1.52. The van der Waals surface area contributed by atoms with Crippen molar-refractivity contribution in [2.45, 2.75) is 19.3 Å². The van der Waals surface area contributed by atoms with E-state index in [-0.39, 0.29) is 11.8 Å². The fraction of sp³-hybridized carbons (Fsp3) is 0.353. The van der Waals surface area contributed by atoms with Crippen molar-refractivity contribution in [3.05, 3.63) is 42.5 Å². The molecule has 0 bridgehead atoms. The van der Waals surface area contributed by atoms with Crippen LogP contribution in [0.25, 0.3) is 10.8 Å². The predicted molar refractivity (Wildman–Crippen MR) is 76.9 cm³/mol. The molecular formula is C17H17NO. The molecule has 4 rings (SSSR count). The molecule has 96 valence electrons. The first-order valence-electron chi connectivity index (χ1n) is 7.09. The molecule has 2 atom stereocenters. The summed E-state index contributed by atoms with van der Waals surface area (Å²) in [6.45, 7) is 0. The van der Waals surface area contributed by atoms with Crippen molar-refractivity contribution in [1.29, 1.82) is 0 Å². The summed E-state index contributed by atoms with van der Waals surface area (Å²) in [5.74, 6) is 2.16. The molecule has 0 saturated heterocycles. The van der Waals surface area contributed by atoms with Crippen LogP contribution in [0, 0.1) is 17.8 Å². The summed E-state index contributed by atoms with van der Waals surface area (Å²) >= 11 is 0. The van der Waals surface area contributed by atoms with Gasteiger partial charge in [0.25, 0.3) is 0 Å². The molecule has 2 fully saturated rings. The zero-order chi connectivity index (χ0) is 12.8. The summed E-state index contributed by atoms with van der Waals surface area (Å²) < 4.78 is 0. The molecule has 0 radical (unpaired) electrons. The van der Waals surface area contributed by atoms with Crippen LogP contribution in [0.15, 0.2) is 42.5 Å². The zero-order valence-electron chi connectivity index (χ0n) is 10.8. The van der Waals surface area contributed by atoms with E-state index in [2.05, 4.69) is 29.6 Å². The molecule has 2 heteroatoms. The molecule has 2 unspecified atom stereocenters. The van der Waals surface area contributed by atoms with Crippen molar-refractivity contribution in [2.75, 3.05) is 5.32 Å². The van der Waals surface area contributed by atoms with Crippen LogP contribution in [-0.2, 0) is 4.79 Å². The highest BCUT2D eigenvalue weighted by Gasteiger charge is 2.47. The van der Waals surface area contributed by atoms with Gasteiger partial charge in [-0.25, -0.2) is 0 Å². The van der Waals surface area contributed by atoms with Gasteiger partial charge in [-0.3, -0.25) is 4.79 Å². The van der Waals surface area contributed by atoms with Gasteiger partial charge in [-0.2, -0.15) is 0 Å². The van der Waals surface area contributed by atoms with Crippen molar-refractivity contribution in [1.82, 2.24) is 0 Å². The fourth-order valence-electron chi connectivity index (χ4n) is 3.44. The molecule has 2 saturated carbocycles. The van der Waals surface area contributed by atoms with Crippen LogP contribution in [0.2, 0.25) is 0 Å². The molecule has 1 N–H and O–H groups in total.